The van der Waals surface area contributed by atoms with Crippen LogP contribution >= 0.6 is 0 Å². The van der Waals surface area contributed by atoms with Crippen molar-refractivity contribution in [1.29, 1.82) is 0 Å². The monoisotopic (exact) mass is 409 g/mol. The Morgan fingerprint density at radius 3 is 2.21 bits per heavy atom. The van der Waals surface area contributed by atoms with E-state index in [1.54, 1.807) is 12.5 Å². The van der Waals surface area contributed by atoms with Gasteiger partial charge in [-0.15, -0.1) is 0 Å². The van der Waals surface area contributed by atoms with Crippen LogP contribution in [-0.4, -0.2) is 22.5 Å². The molecule has 1 aliphatic carbocycles. The van der Waals surface area contributed by atoms with Gasteiger partial charge in [0.15, 0.2) is 0 Å². The van der Waals surface area contributed by atoms with Gasteiger partial charge in [-0.05, 0) is 36.5 Å². The molecule has 1 aliphatic rings. The zero-order valence-electron chi connectivity index (χ0n) is 17.1. The highest BCUT2D eigenvalue weighted by Gasteiger charge is 2.27. The lowest BCUT2D eigenvalue weighted by Gasteiger charge is -2.30. The fraction of sp³-hybridized carbons (Fsp3) is 0.360. The maximum atomic E-state index is 13.4. The van der Waals surface area contributed by atoms with Crippen LogP contribution in [0.25, 0.3) is 6.08 Å². The number of nitrogens with zero attached hydrogens (tertiary/aromatic N) is 1. The second-order valence-corrected chi connectivity index (χ2v) is 9.87. The Morgan fingerprint density at radius 1 is 0.966 bits per heavy atom. The summed E-state index contributed by atoms with van der Waals surface area (Å²) < 4.78 is 17.6. The Morgan fingerprint density at radius 2 is 1.59 bits per heavy atom. The zero-order chi connectivity index (χ0) is 20.5. The van der Waals surface area contributed by atoms with Crippen LogP contribution < -0.4 is 0 Å². The van der Waals surface area contributed by atoms with Crippen LogP contribution in [0.3, 0.4) is 0 Å². The van der Waals surface area contributed by atoms with Gasteiger partial charge in [-0.25, -0.2) is 8.57 Å². The molecule has 4 heteroatoms. The van der Waals surface area contributed by atoms with E-state index in [2.05, 4.69) is 4.36 Å². The van der Waals surface area contributed by atoms with Gasteiger partial charge in [-0.1, -0.05) is 86.0 Å². The van der Waals surface area contributed by atoms with E-state index >= 15 is 0 Å². The predicted molar refractivity (Wildman–Crippen MR) is 122 cm³/mol. The van der Waals surface area contributed by atoms with Crippen LogP contribution in [0.15, 0.2) is 87.5 Å². The van der Waals surface area contributed by atoms with Gasteiger partial charge in [0.1, 0.15) is 0 Å². The Bertz CT molecular complexity index is 922. The molecule has 154 valence electrons. The van der Waals surface area contributed by atoms with Gasteiger partial charge >= 0.3 is 0 Å². The lowest BCUT2D eigenvalue weighted by molar-refractivity contribution is 0.123. The smallest absolute Gasteiger partial charge is 0.0963 e. The van der Waals surface area contributed by atoms with Crippen LogP contribution in [0.1, 0.15) is 37.7 Å². The molecule has 2 aromatic carbocycles. The average Bonchev–Trinajstić information content (AvgIpc) is 2.79. The Hall–Kier alpha value is -2.17. The molecule has 0 aliphatic heterocycles. The number of rotatable bonds is 7. The van der Waals surface area contributed by atoms with E-state index in [0.29, 0.717) is 10.8 Å². The molecule has 0 amide bonds. The fourth-order valence-electron chi connectivity index (χ4n) is 4.03. The highest BCUT2D eigenvalue weighted by Crippen LogP contribution is 2.34. The van der Waals surface area contributed by atoms with Crippen LogP contribution in [0, 0.1) is 11.8 Å². The highest BCUT2D eigenvalue weighted by atomic mass is 32.2. The third-order valence-corrected chi connectivity index (χ3v) is 7.73. The van der Waals surface area contributed by atoms with E-state index in [-0.39, 0.29) is 5.92 Å². The molecule has 0 aromatic heterocycles. The summed E-state index contributed by atoms with van der Waals surface area (Å²) in [5.41, 5.74) is 1.06. The van der Waals surface area contributed by atoms with Crippen molar-refractivity contribution in [1.82, 2.24) is 0 Å². The molecule has 0 bridgehead atoms. The summed E-state index contributed by atoms with van der Waals surface area (Å²) in [4.78, 5) is 0.704. The van der Waals surface area contributed by atoms with Crippen molar-refractivity contribution in [2.45, 2.75) is 43.1 Å². The van der Waals surface area contributed by atoms with Gasteiger partial charge < -0.3 is 5.11 Å². The average molecular weight is 410 g/mol. The molecule has 29 heavy (non-hydrogen) atoms. The number of aliphatic hydroxyl groups is 1. The lowest BCUT2D eigenvalue weighted by Crippen LogP contribution is -2.26. The molecule has 0 radical (unpaired) electrons. The molecule has 2 aromatic rings. The topological polar surface area (TPSA) is 49.7 Å². The number of benzene rings is 2. The highest BCUT2D eigenvalue weighted by molar-refractivity contribution is 7.96. The lowest BCUT2D eigenvalue weighted by atomic mass is 9.77. The maximum absolute atomic E-state index is 13.4. The van der Waals surface area contributed by atoms with Crippen molar-refractivity contribution < 1.29 is 9.32 Å². The largest absolute Gasteiger partial charge is 0.388 e. The quantitative estimate of drug-likeness (QED) is 0.616. The van der Waals surface area contributed by atoms with Crippen LogP contribution in [-0.2, 0) is 9.73 Å². The molecule has 0 spiro atoms. The summed E-state index contributed by atoms with van der Waals surface area (Å²) in [5, 5.41) is 12.7. The van der Waals surface area contributed by atoms with E-state index in [9.17, 15) is 9.32 Å². The van der Waals surface area contributed by atoms with Crippen LogP contribution in [0.5, 0.6) is 0 Å². The van der Waals surface area contributed by atoms with Gasteiger partial charge in [-0.2, -0.15) is 0 Å². The molecular weight excluding hydrogens is 378 g/mol. The minimum Gasteiger partial charge on any atom is -0.388 e. The van der Waals surface area contributed by atoms with E-state index in [0.717, 1.165) is 18.4 Å². The van der Waals surface area contributed by atoms with E-state index in [1.165, 1.54) is 19.3 Å². The van der Waals surface area contributed by atoms with Crippen molar-refractivity contribution >= 4 is 15.8 Å². The number of aliphatic hydroxyl groups excluding tert-OH is 1. The molecule has 3 atom stereocenters. The molecule has 3 nitrogen and oxygen atoms in total. The van der Waals surface area contributed by atoms with Gasteiger partial charge in [0, 0.05) is 18.4 Å². The molecule has 1 N–H and O–H groups in total. The fourth-order valence-corrected chi connectivity index (χ4v) is 5.46. The van der Waals surface area contributed by atoms with Crippen molar-refractivity contribution in [3.8, 4) is 0 Å². The zero-order valence-corrected chi connectivity index (χ0v) is 17.9. The Balaban J connectivity index is 1.86. The SMILES string of the molecule is CN=S(=O)(/C=C\[C@H](C1CCCCC1)[C@H](O)/C=C/c1ccccc1)c1ccccc1. The third-order valence-electron chi connectivity index (χ3n) is 5.71. The summed E-state index contributed by atoms with van der Waals surface area (Å²) in [5.74, 6) is 0.327. The normalized spacial score (nSPS) is 19.8. The second kappa shape index (κ2) is 10.6. The Kier molecular flexibility index (Phi) is 7.84. The third kappa shape index (κ3) is 5.91. The summed E-state index contributed by atoms with van der Waals surface area (Å²) >= 11 is 0. The van der Waals surface area contributed by atoms with Crippen LogP contribution in [0.4, 0.5) is 0 Å². The molecular formula is C25H31NO2S. The predicted octanol–water partition coefficient (Wildman–Crippen LogP) is 5.93. The van der Waals surface area contributed by atoms with Gasteiger partial charge in [0.2, 0.25) is 0 Å². The molecule has 1 unspecified atom stereocenters. The summed E-state index contributed by atoms with van der Waals surface area (Å²) in [6.45, 7) is 0. The molecule has 1 fully saturated rings. The number of hydrogen-bond acceptors (Lipinski definition) is 3. The molecule has 0 heterocycles. The second-order valence-electron chi connectivity index (χ2n) is 7.63. The first-order valence-corrected chi connectivity index (χ1v) is 12.0. The van der Waals surface area contributed by atoms with E-state index in [4.69, 9.17) is 0 Å². The van der Waals surface area contributed by atoms with Crippen LogP contribution in [0.2, 0.25) is 0 Å². The summed E-state index contributed by atoms with van der Waals surface area (Å²) in [7, 11) is -1.03. The van der Waals surface area contributed by atoms with Crippen molar-refractivity contribution in [2.75, 3.05) is 7.05 Å². The first kappa shape index (κ1) is 21.5. The van der Waals surface area contributed by atoms with Crippen molar-refractivity contribution in [3.63, 3.8) is 0 Å². The molecule has 0 saturated heterocycles. The van der Waals surface area contributed by atoms with Gasteiger partial charge in [0.25, 0.3) is 0 Å². The first-order valence-electron chi connectivity index (χ1n) is 10.4. The summed E-state index contributed by atoms with van der Waals surface area (Å²) in [6.07, 6.45) is 11.0. The van der Waals surface area contributed by atoms with Gasteiger partial charge in [-0.3, -0.25) is 0 Å². The number of hydrogen-bond donors (Lipinski definition) is 1. The van der Waals surface area contributed by atoms with E-state index in [1.807, 2.05) is 78.9 Å². The minimum absolute atomic E-state index is 0.0680. The van der Waals surface area contributed by atoms with Gasteiger partial charge in [0.05, 0.1) is 20.7 Å². The summed E-state index contributed by atoms with van der Waals surface area (Å²) in [6, 6.07) is 19.4. The molecule has 3 rings (SSSR count). The maximum Gasteiger partial charge on any atom is 0.0963 e. The van der Waals surface area contributed by atoms with Crippen molar-refractivity contribution in [3.05, 3.63) is 83.8 Å². The Labute approximate surface area is 175 Å². The standard InChI is InChI=1S/C25H31NO2S/c1-26-29(28,23-15-9-4-10-16-23)20-19-24(22-13-7-3-8-14-22)25(27)18-17-21-11-5-2-6-12-21/h2,4-6,9-12,15-20,22,24-25,27H,3,7-8,13-14H2,1H3/b18-17+,20-19-/t24-,25-,29?/m1/s1. The minimum atomic E-state index is -2.63. The molecule has 1 saturated carbocycles. The first-order chi connectivity index (χ1) is 14.1. The van der Waals surface area contributed by atoms with E-state index < -0.39 is 15.8 Å². The van der Waals surface area contributed by atoms with Crippen molar-refractivity contribution in [2.24, 2.45) is 16.2 Å².